The fourth-order valence-electron chi connectivity index (χ4n) is 3.31. The van der Waals surface area contributed by atoms with Crippen LogP contribution in [0.1, 0.15) is 36.6 Å². The number of nitrogens with zero attached hydrogens (tertiary/aromatic N) is 2. The molecule has 1 fully saturated rings. The molecule has 1 saturated carbocycles. The molecule has 1 unspecified atom stereocenters. The van der Waals surface area contributed by atoms with Gasteiger partial charge in [0.2, 0.25) is 0 Å². The van der Waals surface area contributed by atoms with E-state index < -0.39 is 0 Å². The highest BCUT2D eigenvalue weighted by molar-refractivity contribution is 5.38. The Morgan fingerprint density at radius 1 is 1.30 bits per heavy atom. The summed E-state index contributed by atoms with van der Waals surface area (Å²) in [6.07, 6.45) is 5.20. The van der Waals surface area contributed by atoms with Gasteiger partial charge in [-0.2, -0.15) is 5.10 Å². The lowest BCUT2D eigenvalue weighted by Crippen LogP contribution is -2.45. The average molecular weight is 271 g/mol. The molecule has 0 radical (unpaired) electrons. The van der Waals surface area contributed by atoms with Crippen molar-refractivity contribution < 1.29 is 4.74 Å². The lowest BCUT2D eigenvalue weighted by atomic mass is 9.59. The molecule has 1 aromatic carbocycles. The van der Waals surface area contributed by atoms with Crippen LogP contribution in [-0.2, 0) is 12.5 Å². The Labute approximate surface area is 119 Å². The molecule has 2 aromatic rings. The van der Waals surface area contributed by atoms with Crippen molar-refractivity contribution in [3.63, 3.8) is 0 Å². The second-order valence-corrected chi connectivity index (χ2v) is 5.58. The van der Waals surface area contributed by atoms with Gasteiger partial charge in [-0.05, 0) is 18.4 Å². The van der Waals surface area contributed by atoms with E-state index in [2.05, 4.69) is 29.4 Å². The highest BCUT2D eigenvalue weighted by atomic mass is 16.5. The van der Waals surface area contributed by atoms with Crippen molar-refractivity contribution in [2.75, 3.05) is 7.11 Å². The third kappa shape index (κ3) is 1.83. The van der Waals surface area contributed by atoms with E-state index >= 15 is 0 Å². The minimum absolute atomic E-state index is 0.0162. The van der Waals surface area contributed by atoms with Gasteiger partial charge in [0.05, 0.1) is 25.0 Å². The Morgan fingerprint density at radius 2 is 2.00 bits per heavy atom. The molecule has 0 spiro atoms. The van der Waals surface area contributed by atoms with Crippen LogP contribution in [0.2, 0.25) is 0 Å². The summed E-state index contributed by atoms with van der Waals surface area (Å²) < 4.78 is 7.26. The minimum Gasteiger partial charge on any atom is -0.493 e. The van der Waals surface area contributed by atoms with Crippen LogP contribution in [0.15, 0.2) is 36.5 Å². The van der Waals surface area contributed by atoms with Crippen molar-refractivity contribution in [2.24, 2.45) is 12.8 Å². The zero-order valence-corrected chi connectivity index (χ0v) is 12.0. The highest BCUT2D eigenvalue weighted by Crippen LogP contribution is 2.52. The Balaban J connectivity index is 2.03. The maximum Gasteiger partial charge on any atom is 0.161 e. The van der Waals surface area contributed by atoms with E-state index in [1.165, 1.54) is 12.0 Å². The molecule has 1 aliphatic carbocycles. The van der Waals surface area contributed by atoms with E-state index in [1.54, 1.807) is 13.3 Å². The van der Waals surface area contributed by atoms with E-state index in [1.807, 2.05) is 17.8 Å². The molecule has 0 bridgehead atoms. The predicted octanol–water partition coefficient (Wildman–Crippen LogP) is 2.55. The number of aryl methyl sites for hydroxylation is 1. The van der Waals surface area contributed by atoms with Crippen molar-refractivity contribution in [1.82, 2.24) is 9.78 Å². The van der Waals surface area contributed by atoms with E-state index in [-0.39, 0.29) is 11.5 Å². The van der Waals surface area contributed by atoms with E-state index in [4.69, 9.17) is 10.5 Å². The van der Waals surface area contributed by atoms with Crippen LogP contribution in [0.3, 0.4) is 0 Å². The van der Waals surface area contributed by atoms with Crippen LogP contribution >= 0.6 is 0 Å². The van der Waals surface area contributed by atoms with Crippen molar-refractivity contribution >= 4 is 0 Å². The zero-order valence-electron chi connectivity index (χ0n) is 12.0. The number of hydrogen-bond acceptors (Lipinski definition) is 3. The summed E-state index contributed by atoms with van der Waals surface area (Å²) in [5.74, 6) is 0.780. The molecule has 4 nitrogen and oxygen atoms in total. The number of benzene rings is 1. The summed E-state index contributed by atoms with van der Waals surface area (Å²) in [5.41, 5.74) is 8.97. The molecule has 0 amide bonds. The minimum atomic E-state index is -0.0962. The van der Waals surface area contributed by atoms with Crippen LogP contribution in [0.25, 0.3) is 0 Å². The number of aromatic nitrogens is 2. The first-order chi connectivity index (χ1) is 9.69. The largest absolute Gasteiger partial charge is 0.493 e. The van der Waals surface area contributed by atoms with Crippen molar-refractivity contribution in [3.05, 3.63) is 47.8 Å². The number of nitrogens with two attached hydrogens (primary N) is 1. The van der Waals surface area contributed by atoms with E-state index in [9.17, 15) is 0 Å². The maximum atomic E-state index is 6.65. The Morgan fingerprint density at radius 3 is 2.55 bits per heavy atom. The summed E-state index contributed by atoms with van der Waals surface area (Å²) >= 11 is 0. The molecule has 0 saturated heterocycles. The third-order valence-electron chi connectivity index (χ3n) is 4.65. The highest BCUT2D eigenvalue weighted by Gasteiger charge is 2.46. The number of hydrogen-bond donors (Lipinski definition) is 1. The summed E-state index contributed by atoms with van der Waals surface area (Å²) in [6.45, 7) is 0. The lowest BCUT2D eigenvalue weighted by Gasteiger charge is -2.47. The standard InChI is InChI=1S/C16H21N3O/c1-19-14(13(20-2)11-18-19)15(17)16(9-6-10-16)12-7-4-3-5-8-12/h3-5,7-8,11,15H,6,9-10,17H2,1-2H3. The molecule has 1 heterocycles. The SMILES string of the molecule is COc1cnn(C)c1C(N)C1(c2ccccc2)CCC1. The van der Waals surface area contributed by atoms with Gasteiger partial charge in [0.1, 0.15) is 0 Å². The first-order valence-corrected chi connectivity index (χ1v) is 7.06. The van der Waals surface area contributed by atoms with Gasteiger partial charge in [-0.1, -0.05) is 36.8 Å². The van der Waals surface area contributed by atoms with Crippen LogP contribution in [0, 0.1) is 0 Å². The first-order valence-electron chi connectivity index (χ1n) is 7.06. The lowest BCUT2D eigenvalue weighted by molar-refractivity contribution is 0.188. The van der Waals surface area contributed by atoms with Gasteiger partial charge in [-0.15, -0.1) is 0 Å². The van der Waals surface area contributed by atoms with Gasteiger partial charge in [-0.25, -0.2) is 0 Å². The fraction of sp³-hybridized carbons (Fsp3) is 0.438. The van der Waals surface area contributed by atoms with Crippen molar-refractivity contribution in [2.45, 2.75) is 30.7 Å². The predicted molar refractivity (Wildman–Crippen MR) is 78.7 cm³/mol. The van der Waals surface area contributed by atoms with E-state index in [0.29, 0.717) is 0 Å². The molecule has 20 heavy (non-hydrogen) atoms. The van der Waals surface area contributed by atoms with Gasteiger partial charge in [0.25, 0.3) is 0 Å². The third-order valence-corrected chi connectivity index (χ3v) is 4.65. The fourth-order valence-corrected chi connectivity index (χ4v) is 3.31. The first kappa shape index (κ1) is 13.2. The monoisotopic (exact) mass is 271 g/mol. The Bertz CT molecular complexity index is 587. The molecule has 106 valence electrons. The van der Waals surface area contributed by atoms with Crippen molar-refractivity contribution in [3.8, 4) is 5.75 Å². The Kier molecular flexibility index (Phi) is 3.26. The van der Waals surface area contributed by atoms with Gasteiger partial charge >= 0.3 is 0 Å². The molecule has 1 aromatic heterocycles. The molecule has 3 rings (SSSR count). The molecule has 1 aliphatic rings. The average Bonchev–Trinajstić information content (AvgIpc) is 2.79. The number of methoxy groups -OCH3 is 1. The Hall–Kier alpha value is -1.81. The number of rotatable bonds is 4. The molecule has 0 aliphatic heterocycles. The molecule has 2 N–H and O–H groups in total. The smallest absolute Gasteiger partial charge is 0.161 e. The second kappa shape index (κ2) is 4.94. The maximum absolute atomic E-state index is 6.65. The topological polar surface area (TPSA) is 53.1 Å². The van der Waals surface area contributed by atoms with E-state index in [0.717, 1.165) is 24.3 Å². The summed E-state index contributed by atoms with van der Waals surface area (Å²) in [4.78, 5) is 0. The zero-order chi connectivity index (χ0) is 14.2. The number of ether oxygens (including phenoxy) is 1. The van der Waals surface area contributed by atoms with Gasteiger partial charge in [-0.3, -0.25) is 4.68 Å². The molecular weight excluding hydrogens is 250 g/mol. The van der Waals surface area contributed by atoms with Gasteiger partial charge in [0.15, 0.2) is 5.75 Å². The van der Waals surface area contributed by atoms with Crippen LogP contribution in [0.4, 0.5) is 0 Å². The molecule has 4 heteroatoms. The van der Waals surface area contributed by atoms with Crippen LogP contribution < -0.4 is 10.5 Å². The quantitative estimate of drug-likeness (QED) is 0.929. The summed E-state index contributed by atoms with van der Waals surface area (Å²) in [7, 11) is 3.60. The summed E-state index contributed by atoms with van der Waals surface area (Å²) in [5, 5.41) is 4.29. The van der Waals surface area contributed by atoms with Crippen LogP contribution in [-0.4, -0.2) is 16.9 Å². The normalized spacial score (nSPS) is 18.4. The van der Waals surface area contributed by atoms with Crippen LogP contribution in [0.5, 0.6) is 5.75 Å². The van der Waals surface area contributed by atoms with Gasteiger partial charge < -0.3 is 10.5 Å². The van der Waals surface area contributed by atoms with Gasteiger partial charge in [0, 0.05) is 12.5 Å². The second-order valence-electron chi connectivity index (χ2n) is 5.58. The molecule has 1 atom stereocenters. The van der Waals surface area contributed by atoms with Crippen molar-refractivity contribution in [1.29, 1.82) is 0 Å². The summed E-state index contributed by atoms with van der Waals surface area (Å²) in [6, 6.07) is 10.5. The molecular formula is C16H21N3O.